The van der Waals surface area contributed by atoms with Gasteiger partial charge in [-0.25, -0.2) is 0 Å². The molecular formula is C33H55NO4. The van der Waals surface area contributed by atoms with E-state index in [0.717, 1.165) is 64.2 Å². The normalized spacial score (nSPS) is 49.6. The molecule has 9 atom stereocenters. The van der Waals surface area contributed by atoms with Crippen LogP contribution in [0.3, 0.4) is 0 Å². The number of rotatable bonds is 5. The minimum atomic E-state index is -0.422. The smallest absolute Gasteiger partial charge is 0.226 e. The highest BCUT2D eigenvalue weighted by Crippen LogP contribution is 2.75. The summed E-state index contributed by atoms with van der Waals surface area (Å²) in [5.41, 5.74) is 1.43. The lowest BCUT2D eigenvalue weighted by Gasteiger charge is -2.71. The number of aliphatic hydroxyl groups excluding tert-OH is 2. The molecule has 0 spiro atoms. The van der Waals surface area contributed by atoms with Crippen molar-refractivity contribution in [1.82, 2.24) is 5.32 Å². The Labute approximate surface area is 231 Å². The van der Waals surface area contributed by atoms with Crippen molar-refractivity contribution in [3.8, 4) is 0 Å². The van der Waals surface area contributed by atoms with Gasteiger partial charge in [0.05, 0.1) is 24.7 Å². The standard InChI is InChI=1S/C33H55NO4/c1-28(2)14-16-33(27(37)34-18-19-38-7)17-15-31(5)22(23(33)20-28)8-9-25-29(3)12-11-26(36)30(4,21-35)24(29)10-13-32(25,31)6/h8,23-26,35-36H,9-21H2,1-7H3,(H,34,37)/t23-,24?,25+,26-,29-,30-,31+,32+,33-/m0/s1. The van der Waals surface area contributed by atoms with Crippen LogP contribution in [0.2, 0.25) is 0 Å². The maximum atomic E-state index is 13.9. The average molecular weight is 530 g/mol. The number of nitrogens with one attached hydrogen (secondary N) is 1. The molecule has 38 heavy (non-hydrogen) atoms. The minimum absolute atomic E-state index is 0.0636. The number of aliphatic hydroxyl groups is 2. The molecule has 0 heterocycles. The number of carbonyl (C=O) groups is 1. The molecule has 5 aliphatic rings. The number of methoxy groups -OCH3 is 1. The van der Waals surface area contributed by atoms with Gasteiger partial charge in [0.1, 0.15) is 0 Å². The topological polar surface area (TPSA) is 78.8 Å². The van der Waals surface area contributed by atoms with Crippen LogP contribution in [0.1, 0.15) is 106 Å². The molecule has 0 aromatic carbocycles. The fraction of sp³-hybridized carbons (Fsp3) is 0.909. The maximum absolute atomic E-state index is 13.9. The summed E-state index contributed by atoms with van der Waals surface area (Å²) in [6, 6.07) is 0. The Balaban J connectivity index is 1.55. The van der Waals surface area contributed by atoms with Crippen LogP contribution < -0.4 is 5.32 Å². The van der Waals surface area contributed by atoms with Gasteiger partial charge in [0.15, 0.2) is 0 Å². The quantitative estimate of drug-likeness (QED) is 0.307. The van der Waals surface area contributed by atoms with Crippen molar-refractivity contribution in [3.63, 3.8) is 0 Å². The zero-order valence-corrected chi connectivity index (χ0v) is 25.3. The Morgan fingerprint density at radius 2 is 1.71 bits per heavy atom. The van der Waals surface area contributed by atoms with Gasteiger partial charge in [0.2, 0.25) is 5.91 Å². The van der Waals surface area contributed by atoms with E-state index in [9.17, 15) is 15.0 Å². The van der Waals surface area contributed by atoms with E-state index in [1.807, 2.05) is 0 Å². The summed E-state index contributed by atoms with van der Waals surface area (Å²) in [7, 11) is 1.69. The van der Waals surface area contributed by atoms with Gasteiger partial charge in [-0.15, -0.1) is 0 Å². The van der Waals surface area contributed by atoms with Crippen LogP contribution >= 0.6 is 0 Å². The van der Waals surface area contributed by atoms with Crippen molar-refractivity contribution >= 4 is 5.91 Å². The van der Waals surface area contributed by atoms with Crippen LogP contribution in [-0.2, 0) is 9.53 Å². The van der Waals surface area contributed by atoms with Gasteiger partial charge in [0.25, 0.3) is 0 Å². The number of carbonyl (C=O) groups excluding carboxylic acids is 1. The molecule has 0 bridgehead atoms. The first-order chi connectivity index (χ1) is 17.7. The molecule has 5 heteroatoms. The fourth-order valence-corrected chi connectivity index (χ4v) is 11.1. The van der Waals surface area contributed by atoms with Crippen LogP contribution in [-0.4, -0.2) is 49.1 Å². The highest BCUT2D eigenvalue weighted by molar-refractivity contribution is 5.84. The van der Waals surface area contributed by atoms with Crippen molar-refractivity contribution in [2.24, 2.45) is 50.2 Å². The van der Waals surface area contributed by atoms with Crippen LogP contribution in [0.25, 0.3) is 0 Å². The first-order valence-electron chi connectivity index (χ1n) is 15.5. The van der Waals surface area contributed by atoms with E-state index in [-0.39, 0.29) is 39.6 Å². The van der Waals surface area contributed by atoms with Gasteiger partial charge < -0.3 is 20.3 Å². The average Bonchev–Trinajstić information content (AvgIpc) is 2.86. The summed E-state index contributed by atoms with van der Waals surface area (Å²) in [5.74, 6) is 1.41. The van der Waals surface area contributed by atoms with Crippen LogP contribution in [0.15, 0.2) is 11.6 Å². The maximum Gasteiger partial charge on any atom is 0.226 e. The largest absolute Gasteiger partial charge is 0.396 e. The molecule has 5 aliphatic carbocycles. The van der Waals surface area contributed by atoms with E-state index >= 15 is 0 Å². The Bertz CT molecular complexity index is 976. The highest BCUT2D eigenvalue weighted by Gasteiger charge is 2.69. The lowest BCUT2D eigenvalue weighted by atomic mass is 9.33. The van der Waals surface area contributed by atoms with Crippen LogP contribution in [0.5, 0.6) is 0 Å². The molecule has 0 saturated heterocycles. The molecule has 1 unspecified atom stereocenters. The number of hydrogen-bond acceptors (Lipinski definition) is 4. The SMILES string of the molecule is COCCNC(=O)[C@]12CCC(C)(C)C[C@H]1C1=CC[C@@H]3[C@@]4(C)CC[C@H](O)[C@@](C)(CO)C4CC[C@@]3(C)[C@]1(C)CC2. The predicted octanol–water partition coefficient (Wildman–Crippen LogP) is 5.88. The van der Waals surface area contributed by atoms with E-state index in [2.05, 4.69) is 52.9 Å². The van der Waals surface area contributed by atoms with Gasteiger partial charge in [-0.3, -0.25) is 4.79 Å². The second kappa shape index (κ2) is 9.31. The number of ether oxygens (including phenoxy) is 1. The number of allylic oxidation sites excluding steroid dienone is 2. The highest BCUT2D eigenvalue weighted by atomic mass is 16.5. The molecule has 5 rings (SSSR count). The summed E-state index contributed by atoms with van der Waals surface area (Å²) in [5, 5.41) is 24.8. The van der Waals surface area contributed by atoms with E-state index < -0.39 is 11.5 Å². The molecule has 5 nitrogen and oxygen atoms in total. The van der Waals surface area contributed by atoms with Crippen molar-refractivity contribution in [2.75, 3.05) is 26.9 Å². The molecule has 0 aliphatic heterocycles. The summed E-state index contributed by atoms with van der Waals surface area (Å²) in [6.45, 7) is 15.7. The lowest BCUT2D eigenvalue weighted by Crippen LogP contribution is -2.66. The zero-order chi connectivity index (χ0) is 27.8. The third-order valence-corrected chi connectivity index (χ3v) is 13.8. The van der Waals surface area contributed by atoms with Gasteiger partial charge in [-0.2, -0.15) is 0 Å². The molecule has 0 aromatic rings. The van der Waals surface area contributed by atoms with Crippen molar-refractivity contribution < 1.29 is 19.7 Å². The number of hydrogen-bond donors (Lipinski definition) is 3. The second-order valence-electron chi connectivity index (χ2n) is 15.8. The van der Waals surface area contributed by atoms with Crippen LogP contribution in [0.4, 0.5) is 0 Å². The van der Waals surface area contributed by atoms with E-state index in [0.29, 0.717) is 30.9 Å². The third kappa shape index (κ3) is 3.76. The van der Waals surface area contributed by atoms with Crippen LogP contribution in [0, 0.1) is 50.2 Å². The molecule has 0 radical (unpaired) electrons. The summed E-state index contributed by atoms with van der Waals surface area (Å²) >= 11 is 0. The summed E-state index contributed by atoms with van der Waals surface area (Å²) < 4.78 is 5.25. The Hall–Kier alpha value is -0.910. The molecule has 1 amide bonds. The number of fused-ring (bicyclic) bond motifs is 7. The van der Waals surface area contributed by atoms with Gasteiger partial charge in [-0.1, -0.05) is 53.2 Å². The molecule has 216 valence electrons. The molecule has 4 saturated carbocycles. The molecule has 3 N–H and O–H groups in total. The lowest BCUT2D eigenvalue weighted by molar-refractivity contribution is -0.215. The Kier molecular flexibility index (Phi) is 7.01. The predicted molar refractivity (Wildman–Crippen MR) is 151 cm³/mol. The number of amides is 1. The zero-order valence-electron chi connectivity index (χ0n) is 25.3. The third-order valence-electron chi connectivity index (χ3n) is 13.8. The van der Waals surface area contributed by atoms with Gasteiger partial charge in [0, 0.05) is 19.1 Å². The molecular weight excluding hydrogens is 474 g/mol. The first kappa shape index (κ1) is 28.6. The summed E-state index contributed by atoms with van der Waals surface area (Å²) in [6.07, 6.45) is 12.5. The van der Waals surface area contributed by atoms with E-state index in [1.54, 1.807) is 12.7 Å². The van der Waals surface area contributed by atoms with E-state index in [1.165, 1.54) is 0 Å². The second-order valence-corrected chi connectivity index (χ2v) is 15.8. The fourth-order valence-electron chi connectivity index (χ4n) is 11.1. The monoisotopic (exact) mass is 529 g/mol. The van der Waals surface area contributed by atoms with Crippen molar-refractivity contribution in [2.45, 2.75) is 112 Å². The molecule has 4 fully saturated rings. The minimum Gasteiger partial charge on any atom is -0.396 e. The van der Waals surface area contributed by atoms with Crippen molar-refractivity contribution in [3.05, 3.63) is 11.6 Å². The Morgan fingerprint density at radius 1 is 1.00 bits per heavy atom. The van der Waals surface area contributed by atoms with E-state index in [4.69, 9.17) is 4.74 Å². The molecule has 0 aromatic heterocycles. The Morgan fingerprint density at radius 3 is 2.39 bits per heavy atom. The first-order valence-corrected chi connectivity index (χ1v) is 15.5. The van der Waals surface area contributed by atoms with Crippen molar-refractivity contribution in [1.29, 1.82) is 0 Å². The van der Waals surface area contributed by atoms with Gasteiger partial charge >= 0.3 is 0 Å². The van der Waals surface area contributed by atoms with Gasteiger partial charge in [-0.05, 0) is 104 Å². The summed E-state index contributed by atoms with van der Waals surface area (Å²) in [4.78, 5) is 13.9.